The first-order valence-electron chi connectivity index (χ1n) is 5.32. The first kappa shape index (κ1) is 13.3. The van der Waals surface area contributed by atoms with Crippen molar-refractivity contribution in [2.24, 2.45) is 0 Å². The number of nitrogen functional groups attached to an aromatic ring is 1. The van der Waals surface area contributed by atoms with Crippen molar-refractivity contribution in [1.82, 2.24) is 5.16 Å². The number of nitrogens with one attached hydrogen (secondary N) is 1. The Kier molecular flexibility index (Phi) is 3.19. The number of sulfonamides is 1. The van der Waals surface area contributed by atoms with Gasteiger partial charge in [0, 0.05) is 11.3 Å². The van der Waals surface area contributed by atoms with Crippen molar-refractivity contribution in [1.29, 1.82) is 0 Å². The largest absolute Gasteiger partial charge is 0.399 e. The minimum Gasteiger partial charge on any atom is -0.399 e. The molecule has 8 heteroatoms. The maximum atomic E-state index is 13.6. The lowest BCUT2D eigenvalue weighted by Crippen LogP contribution is -2.15. The van der Waals surface area contributed by atoms with E-state index in [0.717, 1.165) is 12.1 Å². The molecule has 0 bridgehead atoms. The van der Waals surface area contributed by atoms with E-state index in [0.29, 0.717) is 11.3 Å². The maximum absolute atomic E-state index is 13.6. The van der Waals surface area contributed by atoms with Gasteiger partial charge in [-0.2, -0.15) is 0 Å². The van der Waals surface area contributed by atoms with E-state index in [1.807, 2.05) is 0 Å². The molecule has 0 aliphatic rings. The van der Waals surface area contributed by atoms with Crippen molar-refractivity contribution in [3.63, 3.8) is 0 Å². The van der Waals surface area contributed by atoms with Crippen LogP contribution in [0, 0.1) is 19.7 Å². The van der Waals surface area contributed by atoms with Gasteiger partial charge in [0.25, 0.3) is 10.0 Å². The Morgan fingerprint density at radius 3 is 2.58 bits per heavy atom. The molecule has 1 aromatic heterocycles. The molecule has 2 rings (SSSR count). The van der Waals surface area contributed by atoms with Crippen LogP contribution >= 0.6 is 0 Å². The standard InChI is InChI=1S/C11H12FN3O3S/c1-6-7(2)14-18-11(6)15-19(16,17)10-4-3-8(13)5-9(10)12/h3-5,15H,13H2,1-2H3. The van der Waals surface area contributed by atoms with Crippen LogP contribution in [0.5, 0.6) is 0 Å². The number of nitrogens with two attached hydrogens (primary N) is 1. The summed E-state index contributed by atoms with van der Waals surface area (Å²) in [6.45, 7) is 3.31. The van der Waals surface area contributed by atoms with Crippen LogP contribution in [0.4, 0.5) is 16.0 Å². The van der Waals surface area contributed by atoms with Crippen LogP contribution in [-0.2, 0) is 10.0 Å². The number of halogens is 1. The fourth-order valence-corrected chi connectivity index (χ4v) is 2.53. The van der Waals surface area contributed by atoms with E-state index in [2.05, 4.69) is 9.88 Å². The lowest BCUT2D eigenvalue weighted by atomic mass is 10.3. The number of hydrogen-bond donors (Lipinski definition) is 2. The average molecular weight is 285 g/mol. The topological polar surface area (TPSA) is 98.2 Å². The molecule has 6 nitrogen and oxygen atoms in total. The summed E-state index contributed by atoms with van der Waals surface area (Å²) in [5.74, 6) is -0.963. The number of aryl methyl sites for hydroxylation is 1. The quantitative estimate of drug-likeness (QED) is 0.838. The molecule has 1 aromatic carbocycles. The smallest absolute Gasteiger partial charge is 0.267 e. The molecular weight excluding hydrogens is 273 g/mol. The van der Waals surface area contributed by atoms with Gasteiger partial charge in [-0.15, -0.1) is 0 Å². The maximum Gasteiger partial charge on any atom is 0.267 e. The number of benzene rings is 1. The zero-order valence-electron chi connectivity index (χ0n) is 10.3. The predicted octanol–water partition coefficient (Wildman–Crippen LogP) is 1.81. The van der Waals surface area contributed by atoms with Crippen LogP contribution in [0.15, 0.2) is 27.6 Å². The van der Waals surface area contributed by atoms with E-state index in [9.17, 15) is 12.8 Å². The Morgan fingerprint density at radius 1 is 1.37 bits per heavy atom. The van der Waals surface area contributed by atoms with Crippen LogP contribution in [0.1, 0.15) is 11.3 Å². The lowest BCUT2D eigenvalue weighted by molar-refractivity contribution is 0.430. The molecule has 0 saturated carbocycles. The van der Waals surface area contributed by atoms with Gasteiger partial charge in [0.05, 0.1) is 5.69 Å². The number of aromatic nitrogens is 1. The van der Waals surface area contributed by atoms with Crippen molar-refractivity contribution in [2.75, 3.05) is 10.5 Å². The van der Waals surface area contributed by atoms with Gasteiger partial charge in [0.15, 0.2) is 0 Å². The first-order valence-corrected chi connectivity index (χ1v) is 6.80. The number of rotatable bonds is 3. The van der Waals surface area contributed by atoms with Gasteiger partial charge in [-0.05, 0) is 32.0 Å². The lowest BCUT2D eigenvalue weighted by Gasteiger charge is -2.07. The number of nitrogens with zero attached hydrogens (tertiary/aromatic N) is 1. The normalized spacial score (nSPS) is 11.5. The summed E-state index contributed by atoms with van der Waals surface area (Å²) in [5, 5.41) is 3.61. The van der Waals surface area contributed by atoms with Crippen molar-refractivity contribution in [3.05, 3.63) is 35.3 Å². The Morgan fingerprint density at radius 2 is 2.05 bits per heavy atom. The van der Waals surface area contributed by atoms with Crippen LogP contribution in [0.25, 0.3) is 0 Å². The Hall–Kier alpha value is -2.09. The highest BCUT2D eigenvalue weighted by Gasteiger charge is 2.22. The molecule has 0 amide bonds. The summed E-state index contributed by atoms with van der Waals surface area (Å²) in [4.78, 5) is -0.504. The van der Waals surface area contributed by atoms with E-state index >= 15 is 0 Å². The molecule has 102 valence electrons. The van der Waals surface area contributed by atoms with Crippen molar-refractivity contribution < 1.29 is 17.3 Å². The second-order valence-corrected chi connectivity index (χ2v) is 5.67. The second-order valence-electron chi connectivity index (χ2n) is 4.02. The van der Waals surface area contributed by atoms with Crippen LogP contribution < -0.4 is 10.5 Å². The number of anilines is 2. The zero-order valence-corrected chi connectivity index (χ0v) is 11.1. The highest BCUT2D eigenvalue weighted by Crippen LogP contribution is 2.23. The monoisotopic (exact) mass is 285 g/mol. The SMILES string of the molecule is Cc1noc(NS(=O)(=O)c2ccc(N)cc2F)c1C. The molecule has 0 fully saturated rings. The highest BCUT2D eigenvalue weighted by molar-refractivity contribution is 7.92. The fourth-order valence-electron chi connectivity index (χ4n) is 1.42. The van der Waals surface area contributed by atoms with Gasteiger partial charge in [0.1, 0.15) is 10.7 Å². The Labute approximate surface area is 109 Å². The van der Waals surface area contributed by atoms with Crippen molar-refractivity contribution in [3.8, 4) is 0 Å². The molecule has 19 heavy (non-hydrogen) atoms. The molecule has 0 unspecified atom stereocenters. The molecule has 0 aliphatic carbocycles. The first-order chi connectivity index (χ1) is 8.81. The fraction of sp³-hybridized carbons (Fsp3) is 0.182. The predicted molar refractivity (Wildman–Crippen MR) is 67.6 cm³/mol. The van der Waals surface area contributed by atoms with E-state index < -0.39 is 20.7 Å². The third kappa shape index (κ3) is 2.53. The summed E-state index contributed by atoms with van der Waals surface area (Å²) in [6.07, 6.45) is 0. The summed E-state index contributed by atoms with van der Waals surface area (Å²) < 4.78 is 44.6. The molecular formula is C11H12FN3O3S. The second kappa shape index (κ2) is 4.54. The van der Waals surface area contributed by atoms with Gasteiger partial charge < -0.3 is 10.3 Å². The molecule has 0 radical (unpaired) electrons. The third-order valence-corrected chi connectivity index (χ3v) is 3.99. The van der Waals surface area contributed by atoms with Crippen molar-refractivity contribution in [2.45, 2.75) is 18.7 Å². The van der Waals surface area contributed by atoms with E-state index in [1.165, 1.54) is 6.07 Å². The van der Waals surface area contributed by atoms with Crippen molar-refractivity contribution >= 4 is 21.6 Å². The van der Waals surface area contributed by atoms with Gasteiger partial charge in [-0.3, -0.25) is 0 Å². The summed E-state index contributed by atoms with van der Waals surface area (Å²) >= 11 is 0. The third-order valence-electron chi connectivity index (χ3n) is 2.63. The van der Waals surface area contributed by atoms with Crippen LogP contribution in [0.2, 0.25) is 0 Å². The summed E-state index contributed by atoms with van der Waals surface area (Å²) in [7, 11) is -4.08. The van der Waals surface area contributed by atoms with Gasteiger partial charge in [-0.25, -0.2) is 17.5 Å². The molecule has 0 aliphatic heterocycles. The van der Waals surface area contributed by atoms with Crippen LogP contribution in [0.3, 0.4) is 0 Å². The van der Waals surface area contributed by atoms with Gasteiger partial charge in [0.2, 0.25) is 5.88 Å². The van der Waals surface area contributed by atoms with E-state index in [1.54, 1.807) is 13.8 Å². The van der Waals surface area contributed by atoms with Gasteiger partial charge >= 0.3 is 0 Å². The summed E-state index contributed by atoms with van der Waals surface area (Å²) in [6, 6.07) is 3.33. The summed E-state index contributed by atoms with van der Waals surface area (Å²) in [5.41, 5.74) is 6.60. The molecule has 3 N–H and O–H groups in total. The zero-order chi connectivity index (χ0) is 14.2. The highest BCUT2D eigenvalue weighted by atomic mass is 32.2. The average Bonchev–Trinajstić information content (AvgIpc) is 2.60. The van der Waals surface area contributed by atoms with Gasteiger partial charge in [-0.1, -0.05) is 5.16 Å². The number of hydrogen-bond acceptors (Lipinski definition) is 5. The Bertz CT molecular complexity index is 725. The van der Waals surface area contributed by atoms with E-state index in [-0.39, 0.29) is 11.6 Å². The molecule has 0 spiro atoms. The molecule has 0 saturated heterocycles. The van der Waals surface area contributed by atoms with E-state index in [4.69, 9.17) is 10.3 Å². The molecule has 2 aromatic rings. The minimum absolute atomic E-state index is 0.0336. The minimum atomic E-state index is -4.08. The van der Waals surface area contributed by atoms with Crippen LogP contribution in [-0.4, -0.2) is 13.6 Å². The molecule has 1 heterocycles. The molecule has 0 atom stereocenters. The Balaban J connectivity index is 2.41.